The van der Waals surface area contributed by atoms with Crippen molar-refractivity contribution in [3.05, 3.63) is 29.7 Å². The Labute approximate surface area is 76.4 Å². The molecule has 2 N–H and O–H groups in total. The average molecular weight is 176 g/mol. The molecule has 0 spiro atoms. The van der Waals surface area contributed by atoms with Crippen molar-refractivity contribution in [1.29, 1.82) is 0 Å². The Balaban J connectivity index is 2.63. The van der Waals surface area contributed by atoms with Crippen LogP contribution in [-0.4, -0.2) is 21.1 Å². The van der Waals surface area contributed by atoms with Crippen LogP contribution >= 0.6 is 0 Å². The third-order valence-electron chi connectivity index (χ3n) is 2.00. The van der Waals surface area contributed by atoms with Gasteiger partial charge in [-0.25, -0.2) is 9.50 Å². The summed E-state index contributed by atoms with van der Waals surface area (Å²) in [4.78, 5) is 4.13. The van der Waals surface area contributed by atoms with Gasteiger partial charge in [-0.05, 0) is 31.2 Å². The van der Waals surface area contributed by atoms with Crippen LogP contribution < -0.4 is 5.73 Å². The van der Waals surface area contributed by atoms with Crippen molar-refractivity contribution in [2.45, 2.75) is 13.3 Å². The molecule has 2 aromatic rings. The summed E-state index contributed by atoms with van der Waals surface area (Å²) < 4.78 is 1.83. The lowest BCUT2D eigenvalue weighted by Crippen LogP contribution is -2.08. The Morgan fingerprint density at radius 3 is 3.08 bits per heavy atom. The molecule has 0 atom stereocenters. The van der Waals surface area contributed by atoms with E-state index in [1.54, 1.807) is 6.33 Å². The second kappa shape index (κ2) is 3.14. The number of aromatic nitrogens is 3. The number of nitrogens with two attached hydrogens (primary N) is 1. The van der Waals surface area contributed by atoms with Crippen LogP contribution in [0.2, 0.25) is 0 Å². The predicted octanol–water partition coefficient (Wildman–Crippen LogP) is 0.539. The fourth-order valence-corrected chi connectivity index (χ4v) is 1.47. The zero-order valence-corrected chi connectivity index (χ0v) is 7.57. The van der Waals surface area contributed by atoms with Gasteiger partial charge in [-0.1, -0.05) is 0 Å². The molecule has 0 aromatic carbocycles. The van der Waals surface area contributed by atoms with Crippen LogP contribution in [0.4, 0.5) is 0 Å². The highest BCUT2D eigenvalue weighted by Crippen LogP contribution is 2.08. The number of rotatable bonds is 2. The van der Waals surface area contributed by atoms with E-state index in [1.807, 2.05) is 10.6 Å². The van der Waals surface area contributed by atoms with E-state index in [1.165, 1.54) is 5.56 Å². The first kappa shape index (κ1) is 8.19. The summed E-state index contributed by atoms with van der Waals surface area (Å²) >= 11 is 0. The third kappa shape index (κ3) is 1.40. The van der Waals surface area contributed by atoms with Gasteiger partial charge in [0.2, 0.25) is 0 Å². The molecule has 0 aliphatic carbocycles. The van der Waals surface area contributed by atoms with Gasteiger partial charge >= 0.3 is 0 Å². The van der Waals surface area contributed by atoms with Gasteiger partial charge in [0.1, 0.15) is 6.33 Å². The maximum atomic E-state index is 5.51. The second-order valence-corrected chi connectivity index (χ2v) is 3.09. The lowest BCUT2D eigenvalue weighted by molar-refractivity contribution is 0.826. The SMILES string of the molecule is Cc1cc(CCN)n2ncnc2c1. The maximum Gasteiger partial charge on any atom is 0.155 e. The van der Waals surface area contributed by atoms with E-state index in [0.29, 0.717) is 6.54 Å². The van der Waals surface area contributed by atoms with Crippen molar-refractivity contribution < 1.29 is 0 Å². The van der Waals surface area contributed by atoms with Crippen LogP contribution in [-0.2, 0) is 6.42 Å². The monoisotopic (exact) mass is 176 g/mol. The molecule has 13 heavy (non-hydrogen) atoms. The number of aryl methyl sites for hydroxylation is 1. The molecule has 2 rings (SSSR count). The first-order chi connectivity index (χ1) is 6.31. The molecule has 4 nitrogen and oxygen atoms in total. The van der Waals surface area contributed by atoms with Crippen LogP contribution in [0.25, 0.3) is 5.65 Å². The summed E-state index contributed by atoms with van der Waals surface area (Å²) in [6.45, 7) is 2.69. The zero-order valence-electron chi connectivity index (χ0n) is 7.57. The van der Waals surface area contributed by atoms with Gasteiger partial charge in [0, 0.05) is 12.1 Å². The molecule has 0 saturated heterocycles. The molecule has 0 aliphatic rings. The number of fused-ring (bicyclic) bond motifs is 1. The molecule has 0 bridgehead atoms. The van der Waals surface area contributed by atoms with Crippen molar-refractivity contribution in [1.82, 2.24) is 14.6 Å². The van der Waals surface area contributed by atoms with Gasteiger partial charge in [0.25, 0.3) is 0 Å². The largest absolute Gasteiger partial charge is 0.330 e. The van der Waals surface area contributed by atoms with Crippen LogP contribution in [0.3, 0.4) is 0 Å². The van der Waals surface area contributed by atoms with Crippen molar-refractivity contribution >= 4 is 5.65 Å². The van der Waals surface area contributed by atoms with Crippen LogP contribution in [0.5, 0.6) is 0 Å². The molecule has 0 radical (unpaired) electrons. The summed E-state index contributed by atoms with van der Waals surface area (Å²) in [5.41, 5.74) is 8.72. The number of nitrogens with zero attached hydrogens (tertiary/aromatic N) is 3. The predicted molar refractivity (Wildman–Crippen MR) is 50.5 cm³/mol. The highest BCUT2D eigenvalue weighted by Gasteiger charge is 2.02. The second-order valence-electron chi connectivity index (χ2n) is 3.09. The Kier molecular flexibility index (Phi) is 1.98. The third-order valence-corrected chi connectivity index (χ3v) is 2.00. The summed E-state index contributed by atoms with van der Waals surface area (Å²) in [6, 6.07) is 4.10. The summed E-state index contributed by atoms with van der Waals surface area (Å²) in [6.07, 6.45) is 2.40. The molecule has 2 aromatic heterocycles. The Morgan fingerprint density at radius 1 is 1.46 bits per heavy atom. The molecule has 0 aliphatic heterocycles. The van der Waals surface area contributed by atoms with E-state index in [-0.39, 0.29) is 0 Å². The smallest absolute Gasteiger partial charge is 0.155 e. The van der Waals surface area contributed by atoms with E-state index >= 15 is 0 Å². The molecule has 2 heterocycles. The Bertz CT molecular complexity index is 418. The molecule has 0 saturated carbocycles. The van der Waals surface area contributed by atoms with E-state index in [9.17, 15) is 0 Å². The Morgan fingerprint density at radius 2 is 2.31 bits per heavy atom. The van der Waals surface area contributed by atoms with E-state index in [2.05, 4.69) is 23.1 Å². The molecule has 68 valence electrons. The maximum absolute atomic E-state index is 5.51. The highest BCUT2D eigenvalue weighted by atomic mass is 15.3. The fourth-order valence-electron chi connectivity index (χ4n) is 1.47. The van der Waals surface area contributed by atoms with Crippen molar-refractivity contribution in [2.75, 3.05) is 6.54 Å². The minimum atomic E-state index is 0.637. The molecular weight excluding hydrogens is 164 g/mol. The molecular formula is C9H12N4. The molecule has 4 heteroatoms. The quantitative estimate of drug-likeness (QED) is 0.726. The van der Waals surface area contributed by atoms with Crippen molar-refractivity contribution in [3.63, 3.8) is 0 Å². The number of pyridine rings is 1. The first-order valence-corrected chi connectivity index (χ1v) is 4.30. The lowest BCUT2D eigenvalue weighted by atomic mass is 10.2. The molecule has 0 unspecified atom stereocenters. The normalized spacial score (nSPS) is 10.9. The van der Waals surface area contributed by atoms with E-state index in [0.717, 1.165) is 17.8 Å². The minimum absolute atomic E-state index is 0.637. The standard InChI is InChI=1S/C9H12N4/c1-7-4-8(2-3-10)13-9(5-7)11-6-12-13/h4-6H,2-3,10H2,1H3. The topological polar surface area (TPSA) is 56.2 Å². The number of hydrogen-bond donors (Lipinski definition) is 1. The number of hydrogen-bond acceptors (Lipinski definition) is 3. The lowest BCUT2D eigenvalue weighted by Gasteiger charge is -2.03. The summed E-state index contributed by atoms with van der Waals surface area (Å²) in [5.74, 6) is 0. The van der Waals surface area contributed by atoms with Gasteiger partial charge in [-0.3, -0.25) is 0 Å². The van der Waals surface area contributed by atoms with Crippen LogP contribution in [0.15, 0.2) is 18.5 Å². The average Bonchev–Trinajstić information content (AvgIpc) is 2.52. The van der Waals surface area contributed by atoms with E-state index in [4.69, 9.17) is 5.73 Å². The summed E-state index contributed by atoms with van der Waals surface area (Å²) in [7, 11) is 0. The molecule has 0 amide bonds. The van der Waals surface area contributed by atoms with Crippen molar-refractivity contribution in [3.8, 4) is 0 Å². The van der Waals surface area contributed by atoms with Gasteiger partial charge in [0.15, 0.2) is 5.65 Å². The highest BCUT2D eigenvalue weighted by molar-refractivity contribution is 5.41. The zero-order chi connectivity index (χ0) is 9.26. The molecule has 0 fully saturated rings. The minimum Gasteiger partial charge on any atom is -0.330 e. The van der Waals surface area contributed by atoms with Gasteiger partial charge < -0.3 is 5.73 Å². The van der Waals surface area contributed by atoms with Crippen LogP contribution in [0, 0.1) is 6.92 Å². The first-order valence-electron chi connectivity index (χ1n) is 4.30. The summed E-state index contributed by atoms with van der Waals surface area (Å²) in [5, 5.41) is 4.13. The fraction of sp³-hybridized carbons (Fsp3) is 0.333. The van der Waals surface area contributed by atoms with Crippen molar-refractivity contribution in [2.24, 2.45) is 5.73 Å². The van der Waals surface area contributed by atoms with E-state index < -0.39 is 0 Å². The van der Waals surface area contributed by atoms with Crippen LogP contribution in [0.1, 0.15) is 11.3 Å². The van der Waals surface area contributed by atoms with Gasteiger partial charge in [-0.15, -0.1) is 0 Å². The van der Waals surface area contributed by atoms with Gasteiger partial charge in [-0.2, -0.15) is 5.10 Å². The van der Waals surface area contributed by atoms with Gasteiger partial charge in [0.05, 0.1) is 0 Å². The Hall–Kier alpha value is -1.42.